The normalized spacial score (nSPS) is 16.0. The molecule has 1 heterocycles. The first-order valence-electron chi connectivity index (χ1n) is 7.70. The van der Waals surface area contributed by atoms with Gasteiger partial charge in [0, 0.05) is 34.8 Å². The predicted molar refractivity (Wildman–Crippen MR) is 85.3 cm³/mol. The number of carbonyl (C=O) groups excluding carboxylic acids is 1. The Balaban J connectivity index is 1.78. The minimum absolute atomic E-state index is 0.130. The molecule has 20 heavy (non-hydrogen) atoms. The van der Waals surface area contributed by atoms with Gasteiger partial charge in [0.05, 0.1) is 0 Å². The van der Waals surface area contributed by atoms with Crippen molar-refractivity contribution < 1.29 is 4.79 Å². The van der Waals surface area contributed by atoms with Gasteiger partial charge in [-0.1, -0.05) is 0 Å². The van der Waals surface area contributed by atoms with E-state index in [-0.39, 0.29) is 11.9 Å². The molecule has 1 aromatic heterocycles. The van der Waals surface area contributed by atoms with Crippen molar-refractivity contribution in [2.24, 2.45) is 0 Å². The van der Waals surface area contributed by atoms with E-state index in [2.05, 4.69) is 23.6 Å². The Morgan fingerprint density at radius 1 is 1.30 bits per heavy atom. The Bertz CT molecular complexity index is 430. The highest BCUT2D eigenvalue weighted by Crippen LogP contribution is 2.32. The molecule has 1 aromatic rings. The van der Waals surface area contributed by atoms with Crippen LogP contribution >= 0.6 is 11.3 Å². The van der Waals surface area contributed by atoms with Crippen LogP contribution in [0.15, 0.2) is 6.07 Å². The maximum absolute atomic E-state index is 11.6. The summed E-state index contributed by atoms with van der Waals surface area (Å²) in [6.07, 6.45) is 5.72. The Hall–Kier alpha value is -0.870. The lowest BCUT2D eigenvalue weighted by atomic mass is 9.99. The summed E-state index contributed by atoms with van der Waals surface area (Å²) in [5.41, 5.74) is 1.56. The molecule has 0 aliphatic heterocycles. The van der Waals surface area contributed by atoms with Crippen molar-refractivity contribution in [3.63, 3.8) is 0 Å². The molecule has 0 spiro atoms. The van der Waals surface area contributed by atoms with E-state index in [1.54, 1.807) is 10.4 Å². The highest BCUT2D eigenvalue weighted by Gasteiger charge is 2.16. The van der Waals surface area contributed by atoms with Crippen LogP contribution in [0.1, 0.15) is 61.4 Å². The van der Waals surface area contributed by atoms with E-state index in [0.29, 0.717) is 12.5 Å². The molecule has 0 aromatic carbocycles. The molecule has 0 saturated carbocycles. The molecular weight excluding hydrogens is 268 g/mol. The van der Waals surface area contributed by atoms with Crippen LogP contribution in [0.25, 0.3) is 0 Å². The van der Waals surface area contributed by atoms with Crippen molar-refractivity contribution in [2.75, 3.05) is 6.54 Å². The fourth-order valence-electron chi connectivity index (χ4n) is 2.62. The molecule has 1 unspecified atom stereocenters. The third-order valence-corrected chi connectivity index (χ3v) is 5.11. The number of thiophene rings is 1. The van der Waals surface area contributed by atoms with Gasteiger partial charge in [-0.15, -0.1) is 11.3 Å². The van der Waals surface area contributed by atoms with Gasteiger partial charge in [0.25, 0.3) is 0 Å². The molecule has 4 heteroatoms. The van der Waals surface area contributed by atoms with Crippen molar-refractivity contribution in [1.29, 1.82) is 0 Å². The van der Waals surface area contributed by atoms with E-state index in [9.17, 15) is 4.79 Å². The van der Waals surface area contributed by atoms with Crippen molar-refractivity contribution in [3.05, 3.63) is 21.4 Å². The second-order valence-electron chi connectivity index (χ2n) is 5.95. The maximum atomic E-state index is 11.6. The molecular formula is C16H26N2OS. The average molecular weight is 294 g/mol. The lowest BCUT2D eigenvalue weighted by Gasteiger charge is -2.13. The van der Waals surface area contributed by atoms with Crippen LogP contribution < -0.4 is 10.6 Å². The number of amides is 1. The number of carbonyl (C=O) groups is 1. The summed E-state index contributed by atoms with van der Waals surface area (Å²) in [5, 5.41) is 6.38. The van der Waals surface area contributed by atoms with E-state index >= 15 is 0 Å². The van der Waals surface area contributed by atoms with Gasteiger partial charge < -0.3 is 10.6 Å². The summed E-state index contributed by atoms with van der Waals surface area (Å²) in [7, 11) is 0. The molecule has 1 aliphatic carbocycles. The lowest BCUT2D eigenvalue weighted by Crippen LogP contribution is -2.33. The van der Waals surface area contributed by atoms with E-state index in [0.717, 1.165) is 6.54 Å². The van der Waals surface area contributed by atoms with Gasteiger partial charge in [-0.3, -0.25) is 4.79 Å². The smallest absolute Gasteiger partial charge is 0.221 e. The van der Waals surface area contributed by atoms with Crippen LogP contribution in [0, 0.1) is 0 Å². The Morgan fingerprint density at radius 2 is 2.05 bits per heavy atom. The zero-order chi connectivity index (χ0) is 14.5. The quantitative estimate of drug-likeness (QED) is 0.846. The van der Waals surface area contributed by atoms with E-state index < -0.39 is 0 Å². The molecule has 3 nitrogen and oxygen atoms in total. The van der Waals surface area contributed by atoms with E-state index in [4.69, 9.17) is 0 Å². The van der Waals surface area contributed by atoms with Crippen LogP contribution in [0.3, 0.4) is 0 Å². The number of hydrogen-bond acceptors (Lipinski definition) is 3. The molecule has 1 aliphatic rings. The van der Waals surface area contributed by atoms with Crippen LogP contribution in [0.4, 0.5) is 0 Å². The summed E-state index contributed by atoms with van der Waals surface area (Å²) >= 11 is 1.95. The fourth-order valence-corrected chi connectivity index (χ4v) is 3.91. The minimum atomic E-state index is 0.130. The Labute approximate surface area is 126 Å². The average Bonchev–Trinajstić information content (AvgIpc) is 2.81. The van der Waals surface area contributed by atoms with Gasteiger partial charge in [0.1, 0.15) is 0 Å². The molecule has 2 N–H and O–H groups in total. The largest absolute Gasteiger partial charge is 0.354 e. The van der Waals surface area contributed by atoms with Gasteiger partial charge in [0.2, 0.25) is 5.91 Å². The minimum Gasteiger partial charge on any atom is -0.354 e. The molecule has 0 radical (unpaired) electrons. The topological polar surface area (TPSA) is 41.1 Å². The van der Waals surface area contributed by atoms with Gasteiger partial charge in [-0.2, -0.15) is 0 Å². The number of rotatable bonds is 6. The van der Waals surface area contributed by atoms with Gasteiger partial charge in [-0.25, -0.2) is 0 Å². The molecule has 2 rings (SSSR count). The number of fused-ring (bicyclic) bond motifs is 1. The van der Waals surface area contributed by atoms with Crippen LogP contribution in [-0.4, -0.2) is 18.5 Å². The molecule has 1 amide bonds. The van der Waals surface area contributed by atoms with Crippen molar-refractivity contribution >= 4 is 17.2 Å². The SMILES string of the molecule is CC(C)NC(=O)CCNC(C)c1cc2c(s1)CCCC2. The number of aryl methyl sites for hydroxylation is 2. The van der Waals surface area contributed by atoms with Crippen LogP contribution in [0.2, 0.25) is 0 Å². The molecule has 1 atom stereocenters. The van der Waals surface area contributed by atoms with E-state index in [1.165, 1.54) is 30.6 Å². The summed E-state index contributed by atoms with van der Waals surface area (Å²) in [6, 6.07) is 2.94. The van der Waals surface area contributed by atoms with Crippen molar-refractivity contribution in [1.82, 2.24) is 10.6 Å². The highest BCUT2D eigenvalue weighted by atomic mass is 32.1. The molecule has 0 saturated heterocycles. The van der Waals surface area contributed by atoms with Gasteiger partial charge >= 0.3 is 0 Å². The first-order valence-corrected chi connectivity index (χ1v) is 8.52. The van der Waals surface area contributed by atoms with Crippen LogP contribution in [-0.2, 0) is 17.6 Å². The number of nitrogens with one attached hydrogen (secondary N) is 2. The summed E-state index contributed by atoms with van der Waals surface area (Å²) in [5.74, 6) is 0.130. The van der Waals surface area contributed by atoms with E-state index in [1.807, 2.05) is 25.2 Å². The van der Waals surface area contributed by atoms with Crippen molar-refractivity contribution in [3.8, 4) is 0 Å². The third kappa shape index (κ3) is 4.32. The monoisotopic (exact) mass is 294 g/mol. The van der Waals surface area contributed by atoms with Gasteiger partial charge in [-0.05, 0) is 58.1 Å². The lowest BCUT2D eigenvalue weighted by molar-refractivity contribution is -0.121. The molecule has 0 bridgehead atoms. The maximum Gasteiger partial charge on any atom is 0.221 e. The highest BCUT2D eigenvalue weighted by molar-refractivity contribution is 7.12. The zero-order valence-electron chi connectivity index (χ0n) is 12.8. The summed E-state index contributed by atoms with van der Waals surface area (Å²) in [6.45, 7) is 6.91. The first kappa shape index (κ1) is 15.5. The second kappa shape index (κ2) is 7.23. The van der Waals surface area contributed by atoms with Gasteiger partial charge in [0.15, 0.2) is 0 Å². The van der Waals surface area contributed by atoms with Crippen molar-refractivity contribution in [2.45, 2.75) is 65.0 Å². The second-order valence-corrected chi connectivity index (χ2v) is 7.12. The zero-order valence-corrected chi connectivity index (χ0v) is 13.6. The third-order valence-electron chi connectivity index (χ3n) is 3.69. The summed E-state index contributed by atoms with van der Waals surface area (Å²) < 4.78 is 0. The fraction of sp³-hybridized carbons (Fsp3) is 0.688. The standard InChI is InChI=1S/C16H26N2OS/c1-11(2)18-16(19)8-9-17-12(3)15-10-13-6-4-5-7-14(13)20-15/h10-12,17H,4-9H2,1-3H3,(H,18,19). The molecule has 0 fully saturated rings. The summed E-state index contributed by atoms with van der Waals surface area (Å²) in [4.78, 5) is 14.6. The van der Waals surface area contributed by atoms with Crippen LogP contribution in [0.5, 0.6) is 0 Å². The predicted octanol–water partition coefficient (Wildman–Crippen LogP) is 3.19. The Kier molecular flexibility index (Phi) is 5.61. The number of hydrogen-bond donors (Lipinski definition) is 2. The first-order chi connectivity index (χ1) is 9.56. The molecule has 112 valence electrons. The Morgan fingerprint density at radius 3 is 2.75 bits per heavy atom.